The maximum Gasteiger partial charge on any atom is 0.227 e. The molecule has 0 spiro atoms. The molecule has 0 saturated carbocycles. The molecule has 1 aromatic rings. The summed E-state index contributed by atoms with van der Waals surface area (Å²) in [5.41, 5.74) is 0.979. The summed E-state index contributed by atoms with van der Waals surface area (Å²) in [7, 11) is 1.82. The normalized spacial score (nSPS) is 19.1. The first-order chi connectivity index (χ1) is 14.4. The molecule has 0 atom stereocenters. The Morgan fingerprint density at radius 1 is 1.13 bits per heavy atom. The Morgan fingerprint density at radius 3 is 2.43 bits per heavy atom. The zero-order valence-electron chi connectivity index (χ0n) is 18.4. The summed E-state index contributed by atoms with van der Waals surface area (Å²) in [5, 5.41) is 4.21. The van der Waals surface area contributed by atoms with Gasteiger partial charge < -0.3 is 19.9 Å². The van der Waals surface area contributed by atoms with Crippen LogP contribution in [0.1, 0.15) is 19.4 Å². The molecule has 2 aliphatic rings. The molecule has 0 radical (unpaired) electrons. The minimum absolute atomic E-state index is 0.0223. The molecule has 1 amide bonds. The lowest BCUT2D eigenvalue weighted by Gasteiger charge is -2.42. The fourth-order valence-corrected chi connectivity index (χ4v) is 4.22. The highest BCUT2D eigenvalue weighted by Gasteiger charge is 2.29. The average Bonchev–Trinajstić information content (AvgIpc) is 2.75. The molecule has 2 heterocycles. The number of morpholine rings is 1. The highest BCUT2D eigenvalue weighted by Crippen LogP contribution is 2.16. The van der Waals surface area contributed by atoms with Crippen molar-refractivity contribution in [2.75, 3.05) is 66.1 Å². The molecule has 1 N–H and O–H groups in total. The molecule has 7 nitrogen and oxygen atoms in total. The number of halogens is 1. The van der Waals surface area contributed by atoms with E-state index in [9.17, 15) is 4.79 Å². The lowest BCUT2D eigenvalue weighted by Crippen LogP contribution is -2.59. The number of nitrogens with zero attached hydrogens (tertiary/aromatic N) is 4. The van der Waals surface area contributed by atoms with Crippen molar-refractivity contribution in [2.45, 2.75) is 25.8 Å². The maximum absolute atomic E-state index is 12.7. The summed E-state index contributed by atoms with van der Waals surface area (Å²) in [6.07, 6.45) is 0.390. The van der Waals surface area contributed by atoms with Gasteiger partial charge in [-0.2, -0.15) is 0 Å². The third-order valence-corrected chi connectivity index (χ3v) is 6.17. The van der Waals surface area contributed by atoms with Crippen molar-refractivity contribution in [3.05, 3.63) is 34.9 Å². The molecule has 2 aliphatic heterocycles. The molecular weight excluding hydrogens is 402 g/mol. The van der Waals surface area contributed by atoms with E-state index in [1.165, 1.54) is 0 Å². The highest BCUT2D eigenvalue weighted by atomic mass is 35.5. The summed E-state index contributed by atoms with van der Waals surface area (Å²) in [6.45, 7) is 11.8. The second-order valence-corrected chi connectivity index (χ2v) is 8.92. The number of rotatable bonds is 5. The summed E-state index contributed by atoms with van der Waals surface area (Å²) in [5.74, 6) is 1.05. The molecule has 0 aromatic heterocycles. The van der Waals surface area contributed by atoms with Crippen molar-refractivity contribution in [1.82, 2.24) is 20.0 Å². The second kappa shape index (κ2) is 10.5. The van der Waals surface area contributed by atoms with Gasteiger partial charge in [0.2, 0.25) is 5.91 Å². The van der Waals surface area contributed by atoms with Crippen molar-refractivity contribution < 1.29 is 9.53 Å². The van der Waals surface area contributed by atoms with Crippen molar-refractivity contribution >= 4 is 23.5 Å². The number of hydrogen-bond donors (Lipinski definition) is 1. The van der Waals surface area contributed by atoms with Gasteiger partial charge >= 0.3 is 0 Å². The topological polar surface area (TPSA) is 60.4 Å². The van der Waals surface area contributed by atoms with E-state index in [1.54, 1.807) is 0 Å². The second-order valence-electron chi connectivity index (χ2n) is 8.49. The van der Waals surface area contributed by atoms with E-state index in [2.05, 4.69) is 34.0 Å². The highest BCUT2D eigenvalue weighted by molar-refractivity contribution is 6.30. The number of carbonyl (C=O) groups is 1. The Balaban J connectivity index is 1.47. The van der Waals surface area contributed by atoms with Gasteiger partial charge in [-0.25, -0.2) is 0 Å². The van der Waals surface area contributed by atoms with Crippen LogP contribution in [0, 0.1) is 0 Å². The van der Waals surface area contributed by atoms with E-state index in [4.69, 9.17) is 16.3 Å². The summed E-state index contributed by atoms with van der Waals surface area (Å²) < 4.78 is 5.48. The first-order valence-electron chi connectivity index (χ1n) is 10.7. The smallest absolute Gasteiger partial charge is 0.227 e. The fourth-order valence-electron chi connectivity index (χ4n) is 4.01. The molecule has 166 valence electrons. The lowest BCUT2D eigenvalue weighted by atomic mass is 10.0. The fraction of sp³-hybridized carbons (Fsp3) is 0.636. The van der Waals surface area contributed by atoms with Crippen LogP contribution in [0.5, 0.6) is 0 Å². The van der Waals surface area contributed by atoms with E-state index in [0.717, 1.165) is 57.5 Å². The third-order valence-electron chi connectivity index (χ3n) is 5.93. The molecular formula is C22H34ClN5O2. The van der Waals surface area contributed by atoms with Gasteiger partial charge in [-0.05, 0) is 31.5 Å². The Hall–Kier alpha value is -1.83. The van der Waals surface area contributed by atoms with Crippen LogP contribution in [0.3, 0.4) is 0 Å². The van der Waals surface area contributed by atoms with Gasteiger partial charge in [-0.15, -0.1) is 0 Å². The molecule has 0 unspecified atom stereocenters. The van der Waals surface area contributed by atoms with E-state index in [-0.39, 0.29) is 11.4 Å². The van der Waals surface area contributed by atoms with Crippen molar-refractivity contribution in [3.63, 3.8) is 0 Å². The van der Waals surface area contributed by atoms with Crippen molar-refractivity contribution in [2.24, 2.45) is 4.99 Å². The number of benzene rings is 1. The summed E-state index contributed by atoms with van der Waals surface area (Å²) in [4.78, 5) is 23.8. The lowest BCUT2D eigenvalue weighted by molar-refractivity contribution is -0.131. The van der Waals surface area contributed by atoms with Crippen LogP contribution in [-0.2, 0) is 16.0 Å². The first-order valence-corrected chi connectivity index (χ1v) is 11.1. The Kier molecular flexibility index (Phi) is 7.97. The number of carbonyl (C=O) groups excluding carboxylic acids is 1. The van der Waals surface area contributed by atoms with Gasteiger partial charge in [-0.1, -0.05) is 23.7 Å². The number of aliphatic imine (C=N–C) groups is 1. The number of ether oxygens (including phenoxy) is 1. The number of nitrogens with one attached hydrogen (secondary N) is 1. The van der Waals surface area contributed by atoms with Gasteiger partial charge in [0.25, 0.3) is 0 Å². The van der Waals surface area contributed by atoms with Crippen LogP contribution in [0.25, 0.3) is 0 Å². The number of hydrogen-bond acceptors (Lipinski definition) is 4. The van der Waals surface area contributed by atoms with E-state index >= 15 is 0 Å². The third kappa shape index (κ3) is 6.09. The minimum atomic E-state index is 0.0223. The molecule has 2 fully saturated rings. The molecule has 0 bridgehead atoms. The number of guanidine groups is 1. The molecule has 2 saturated heterocycles. The molecule has 1 aromatic carbocycles. The van der Waals surface area contributed by atoms with Crippen LogP contribution in [0.4, 0.5) is 0 Å². The molecule has 8 heteroatoms. The largest absolute Gasteiger partial charge is 0.379 e. The molecule has 30 heavy (non-hydrogen) atoms. The Morgan fingerprint density at radius 2 is 1.80 bits per heavy atom. The van der Waals surface area contributed by atoms with Crippen LogP contribution in [0.15, 0.2) is 29.3 Å². The quantitative estimate of drug-likeness (QED) is 0.563. The predicted molar refractivity (Wildman–Crippen MR) is 121 cm³/mol. The number of amides is 1. The zero-order chi connectivity index (χ0) is 21.6. The maximum atomic E-state index is 12.7. The van der Waals surface area contributed by atoms with Crippen LogP contribution in [0.2, 0.25) is 5.02 Å². The standard InChI is InChI=1S/C22H34ClN5O2/c1-22(2,28-11-13-30-14-12-28)17-25-21(24-3)27-9-7-26(8-10-27)20(29)16-18-5-4-6-19(23)15-18/h4-6,15H,7-14,16-17H2,1-3H3,(H,24,25). The Bertz CT molecular complexity index is 741. The van der Waals surface area contributed by atoms with E-state index in [1.807, 2.05) is 36.2 Å². The first kappa shape index (κ1) is 22.8. The van der Waals surface area contributed by atoms with Gasteiger partial charge in [0.15, 0.2) is 5.96 Å². The van der Waals surface area contributed by atoms with Crippen LogP contribution in [-0.4, -0.2) is 98.2 Å². The van der Waals surface area contributed by atoms with Gasteiger partial charge in [0.1, 0.15) is 0 Å². The number of piperazine rings is 1. The van der Waals surface area contributed by atoms with Crippen molar-refractivity contribution in [3.8, 4) is 0 Å². The minimum Gasteiger partial charge on any atom is -0.379 e. The zero-order valence-corrected chi connectivity index (χ0v) is 19.1. The van der Waals surface area contributed by atoms with Crippen LogP contribution < -0.4 is 5.32 Å². The molecule has 0 aliphatic carbocycles. The SMILES string of the molecule is CN=C(NCC(C)(C)N1CCOCC1)N1CCN(C(=O)Cc2cccc(Cl)c2)CC1. The predicted octanol–water partition coefficient (Wildman–Crippen LogP) is 1.71. The summed E-state index contributed by atoms with van der Waals surface area (Å²) in [6, 6.07) is 7.52. The van der Waals surface area contributed by atoms with Gasteiger partial charge in [-0.3, -0.25) is 14.7 Å². The van der Waals surface area contributed by atoms with E-state index in [0.29, 0.717) is 24.5 Å². The molecule has 3 rings (SSSR count). The monoisotopic (exact) mass is 435 g/mol. The Labute approximate surface area is 185 Å². The average molecular weight is 436 g/mol. The van der Waals surface area contributed by atoms with Gasteiger partial charge in [0.05, 0.1) is 19.6 Å². The summed E-state index contributed by atoms with van der Waals surface area (Å²) >= 11 is 6.03. The van der Waals surface area contributed by atoms with Crippen molar-refractivity contribution in [1.29, 1.82) is 0 Å². The van der Waals surface area contributed by atoms with E-state index < -0.39 is 0 Å². The van der Waals surface area contributed by atoms with Crippen LogP contribution >= 0.6 is 11.6 Å². The van der Waals surface area contributed by atoms with Gasteiger partial charge in [0, 0.05) is 63.4 Å².